The molecule has 0 aliphatic carbocycles. The molecular weight excluding hydrogens is 542 g/mol. The second-order valence-corrected chi connectivity index (χ2v) is 13.1. The van der Waals surface area contributed by atoms with Crippen molar-refractivity contribution in [3.05, 3.63) is 35.9 Å². The molecule has 1 aromatic carbocycles. The van der Waals surface area contributed by atoms with E-state index < -0.39 is 18.1 Å². The van der Waals surface area contributed by atoms with Crippen LogP contribution < -0.4 is 5.32 Å². The fraction of sp³-hybridized carbons (Fsp3) is 0.743. The van der Waals surface area contributed by atoms with Crippen LogP contribution in [0.5, 0.6) is 0 Å². The van der Waals surface area contributed by atoms with Gasteiger partial charge in [0, 0.05) is 45.7 Å². The lowest BCUT2D eigenvalue weighted by molar-refractivity contribution is -0.147. The van der Waals surface area contributed by atoms with E-state index in [0.717, 1.165) is 19.3 Å². The zero-order valence-corrected chi connectivity index (χ0v) is 28.6. The molecule has 1 aliphatic heterocycles. The molecule has 0 bridgehead atoms. The first-order valence-corrected chi connectivity index (χ1v) is 16.3. The highest BCUT2D eigenvalue weighted by molar-refractivity contribution is 5.81. The van der Waals surface area contributed by atoms with Crippen molar-refractivity contribution in [2.24, 2.45) is 23.7 Å². The van der Waals surface area contributed by atoms with Crippen LogP contribution in [-0.4, -0.2) is 85.7 Å². The number of carbonyl (C=O) groups excluding carboxylic acids is 3. The molecule has 0 radical (unpaired) electrons. The van der Waals surface area contributed by atoms with Crippen LogP contribution in [0, 0.1) is 23.7 Å². The third-order valence-corrected chi connectivity index (χ3v) is 10.1. The Hall–Kier alpha value is -2.45. The van der Waals surface area contributed by atoms with Crippen molar-refractivity contribution in [3.8, 4) is 0 Å². The first kappa shape index (κ1) is 36.7. The van der Waals surface area contributed by atoms with Crippen molar-refractivity contribution in [3.63, 3.8) is 0 Å². The Morgan fingerprint density at radius 2 is 1.60 bits per heavy atom. The van der Waals surface area contributed by atoms with E-state index in [1.165, 1.54) is 5.56 Å². The molecular formula is C35H59N3O5. The number of rotatable bonds is 16. The van der Waals surface area contributed by atoms with Crippen LogP contribution in [0.1, 0.15) is 92.6 Å². The number of nitrogens with zero attached hydrogens (tertiary/aromatic N) is 2. The van der Waals surface area contributed by atoms with Gasteiger partial charge < -0.3 is 24.6 Å². The highest BCUT2D eigenvalue weighted by Crippen LogP contribution is 2.30. The smallest absolute Gasteiger partial charge is 0.225 e. The topological polar surface area (TPSA) is 88.2 Å². The molecule has 0 aromatic heterocycles. The van der Waals surface area contributed by atoms with E-state index in [1.54, 1.807) is 14.2 Å². The Kier molecular flexibility index (Phi) is 14.6. The molecule has 244 valence electrons. The Morgan fingerprint density at radius 1 is 0.977 bits per heavy atom. The summed E-state index contributed by atoms with van der Waals surface area (Å²) in [5, 5.41) is 3.20. The van der Waals surface area contributed by atoms with E-state index in [0.29, 0.717) is 6.54 Å². The van der Waals surface area contributed by atoms with Gasteiger partial charge in [-0.3, -0.25) is 14.4 Å². The molecule has 1 fully saturated rings. The summed E-state index contributed by atoms with van der Waals surface area (Å²) in [6.07, 6.45) is 1.76. The van der Waals surface area contributed by atoms with Gasteiger partial charge in [0.1, 0.15) is 0 Å². The molecule has 1 aliphatic rings. The molecule has 2 rings (SSSR count). The number of nitrogens with one attached hydrogen (secondary N) is 1. The summed E-state index contributed by atoms with van der Waals surface area (Å²) in [7, 11) is 5.09. The number of hydrogen-bond acceptors (Lipinski definition) is 5. The van der Waals surface area contributed by atoms with Crippen molar-refractivity contribution in [1.29, 1.82) is 0 Å². The Labute approximate surface area is 261 Å². The minimum absolute atomic E-state index is 0.0267. The highest BCUT2D eigenvalue weighted by Gasteiger charge is 2.42. The zero-order chi connectivity index (χ0) is 32.4. The van der Waals surface area contributed by atoms with Gasteiger partial charge in [-0.2, -0.15) is 0 Å². The molecule has 1 aromatic rings. The van der Waals surface area contributed by atoms with E-state index in [1.807, 2.05) is 55.8 Å². The van der Waals surface area contributed by atoms with Crippen LogP contribution in [0.3, 0.4) is 0 Å². The van der Waals surface area contributed by atoms with Gasteiger partial charge in [0.25, 0.3) is 0 Å². The Bertz CT molecular complexity index is 1020. The van der Waals surface area contributed by atoms with Crippen LogP contribution in [0.25, 0.3) is 0 Å². The molecule has 8 heteroatoms. The summed E-state index contributed by atoms with van der Waals surface area (Å²) in [5.74, 6) is -0.0767. The van der Waals surface area contributed by atoms with Gasteiger partial charge in [0.15, 0.2) is 0 Å². The Morgan fingerprint density at radius 3 is 2.14 bits per heavy atom. The number of hydrogen-bond donors (Lipinski definition) is 1. The largest absolute Gasteiger partial charge is 0.379 e. The molecule has 0 saturated carbocycles. The van der Waals surface area contributed by atoms with E-state index in [2.05, 4.69) is 52.1 Å². The standard InChI is InChI=1S/C35H59N3O5/c1-12-23(4)32(37(9)35(41)24(5)22(2)3)30(42-10)21-31(39)38-20-16-19-29(38)33(43-11)26(7)34(40)36-27(8)25(6)28-17-14-13-15-18-28/h13-15,17-18,22-27,29-30,32-33H,12,16,19-21H2,1-11H3,(H,36,40)/t23-,24-,25+,26+,27+,29-,30+,32-,33+/m0/s1. The Balaban J connectivity index is 2.17. The minimum atomic E-state index is -0.445. The summed E-state index contributed by atoms with van der Waals surface area (Å²) in [5.41, 5.74) is 1.17. The first-order valence-electron chi connectivity index (χ1n) is 16.3. The second kappa shape index (κ2) is 17.1. The number of carbonyl (C=O) groups is 3. The molecule has 3 amide bonds. The normalized spacial score (nSPS) is 20.9. The lowest BCUT2D eigenvalue weighted by atomic mass is 9.88. The number of likely N-dealkylation sites (N-methyl/N-ethyl adjacent to an activating group) is 1. The van der Waals surface area contributed by atoms with Crippen LogP contribution in [0.2, 0.25) is 0 Å². The number of methoxy groups -OCH3 is 2. The number of amides is 3. The van der Waals surface area contributed by atoms with Gasteiger partial charge in [-0.25, -0.2) is 0 Å². The van der Waals surface area contributed by atoms with Crippen LogP contribution in [0.15, 0.2) is 30.3 Å². The second-order valence-electron chi connectivity index (χ2n) is 13.1. The third kappa shape index (κ3) is 9.27. The average Bonchev–Trinajstić information content (AvgIpc) is 3.49. The molecule has 9 atom stereocenters. The molecule has 0 spiro atoms. The van der Waals surface area contributed by atoms with Gasteiger partial charge in [0.2, 0.25) is 17.7 Å². The maximum absolute atomic E-state index is 13.9. The molecule has 1 saturated heterocycles. The third-order valence-electron chi connectivity index (χ3n) is 10.1. The number of likely N-dealkylation sites (tertiary alicyclic amines) is 1. The molecule has 1 heterocycles. The van der Waals surface area contributed by atoms with Crippen LogP contribution in [0.4, 0.5) is 0 Å². The zero-order valence-electron chi connectivity index (χ0n) is 28.6. The molecule has 1 N–H and O–H groups in total. The summed E-state index contributed by atoms with van der Waals surface area (Å²) in [4.78, 5) is 44.4. The fourth-order valence-electron chi connectivity index (χ4n) is 6.44. The van der Waals surface area contributed by atoms with Crippen molar-refractivity contribution >= 4 is 17.7 Å². The predicted octanol–water partition coefficient (Wildman–Crippen LogP) is 5.51. The highest BCUT2D eigenvalue weighted by atomic mass is 16.5. The molecule has 43 heavy (non-hydrogen) atoms. The van der Waals surface area contributed by atoms with Gasteiger partial charge in [-0.05, 0) is 37.2 Å². The number of ether oxygens (including phenoxy) is 2. The van der Waals surface area contributed by atoms with E-state index in [9.17, 15) is 14.4 Å². The average molecular weight is 602 g/mol. The van der Waals surface area contributed by atoms with Crippen LogP contribution >= 0.6 is 0 Å². The van der Waals surface area contributed by atoms with E-state index in [-0.39, 0.29) is 65.9 Å². The van der Waals surface area contributed by atoms with Crippen LogP contribution in [-0.2, 0) is 23.9 Å². The molecule has 8 nitrogen and oxygen atoms in total. The molecule has 0 unspecified atom stereocenters. The quantitative estimate of drug-likeness (QED) is 0.270. The number of benzene rings is 1. The van der Waals surface area contributed by atoms with Crippen molar-refractivity contribution in [1.82, 2.24) is 15.1 Å². The van der Waals surface area contributed by atoms with Crippen molar-refractivity contribution in [2.45, 2.75) is 117 Å². The van der Waals surface area contributed by atoms with Gasteiger partial charge in [-0.1, -0.05) is 85.2 Å². The summed E-state index contributed by atoms with van der Waals surface area (Å²) >= 11 is 0. The van der Waals surface area contributed by atoms with E-state index in [4.69, 9.17) is 9.47 Å². The van der Waals surface area contributed by atoms with Crippen molar-refractivity contribution in [2.75, 3.05) is 27.8 Å². The summed E-state index contributed by atoms with van der Waals surface area (Å²) < 4.78 is 11.9. The van der Waals surface area contributed by atoms with Gasteiger partial charge in [0.05, 0.1) is 36.6 Å². The lowest BCUT2D eigenvalue weighted by Crippen LogP contribution is -2.54. The predicted molar refractivity (Wildman–Crippen MR) is 173 cm³/mol. The maximum Gasteiger partial charge on any atom is 0.225 e. The SMILES string of the molecule is CC[C@H](C)[C@@H]([C@@H](CC(=O)N1CCC[C@H]1[C@H](OC)[C@@H](C)C(=O)N[C@H](C)[C@@H](C)c1ccccc1)OC)N(C)C(=O)[C@@H](C)C(C)C. The van der Waals surface area contributed by atoms with E-state index >= 15 is 0 Å². The lowest BCUT2D eigenvalue weighted by Gasteiger charge is -2.40. The fourth-order valence-corrected chi connectivity index (χ4v) is 6.44. The van der Waals surface area contributed by atoms with Crippen molar-refractivity contribution < 1.29 is 23.9 Å². The maximum atomic E-state index is 13.9. The first-order chi connectivity index (χ1) is 20.3. The summed E-state index contributed by atoms with van der Waals surface area (Å²) in [6, 6.07) is 9.67. The minimum Gasteiger partial charge on any atom is -0.379 e. The van der Waals surface area contributed by atoms with Gasteiger partial charge >= 0.3 is 0 Å². The van der Waals surface area contributed by atoms with Gasteiger partial charge in [-0.15, -0.1) is 0 Å². The monoisotopic (exact) mass is 601 g/mol. The summed E-state index contributed by atoms with van der Waals surface area (Å²) in [6.45, 7) is 16.9.